The largest absolute Gasteiger partial charge is 0.350 e. The smallest absolute Gasteiger partial charge is 0.220 e. The molecule has 0 spiro atoms. The van der Waals surface area contributed by atoms with E-state index in [9.17, 15) is 4.79 Å². The SMILES string of the molecule is Cc1ccc(C(C)NC(=O)CCCCCCN)c(C)c1. The number of carbonyl (C=O) groups is 1. The fourth-order valence-corrected chi connectivity index (χ4v) is 2.49. The molecule has 0 aliphatic rings. The Morgan fingerprint density at radius 3 is 2.55 bits per heavy atom. The van der Waals surface area contributed by atoms with E-state index in [0.717, 1.165) is 32.2 Å². The van der Waals surface area contributed by atoms with Crippen molar-refractivity contribution in [2.75, 3.05) is 6.54 Å². The zero-order valence-electron chi connectivity index (χ0n) is 13.0. The fourth-order valence-electron chi connectivity index (χ4n) is 2.49. The molecule has 1 atom stereocenters. The van der Waals surface area contributed by atoms with E-state index in [1.807, 2.05) is 6.92 Å². The number of nitrogens with one attached hydrogen (secondary N) is 1. The van der Waals surface area contributed by atoms with Crippen molar-refractivity contribution in [1.29, 1.82) is 0 Å². The second-order valence-electron chi connectivity index (χ2n) is 5.60. The van der Waals surface area contributed by atoms with Crippen molar-refractivity contribution < 1.29 is 4.79 Å². The maximum absolute atomic E-state index is 11.9. The minimum Gasteiger partial charge on any atom is -0.350 e. The van der Waals surface area contributed by atoms with Gasteiger partial charge in [-0.3, -0.25) is 4.79 Å². The van der Waals surface area contributed by atoms with Gasteiger partial charge in [0.1, 0.15) is 0 Å². The van der Waals surface area contributed by atoms with Gasteiger partial charge in [0.05, 0.1) is 6.04 Å². The van der Waals surface area contributed by atoms with Crippen LogP contribution >= 0.6 is 0 Å². The molecule has 0 aliphatic carbocycles. The number of carbonyl (C=O) groups excluding carboxylic acids is 1. The number of amides is 1. The molecule has 1 rings (SSSR count). The quantitative estimate of drug-likeness (QED) is 0.715. The molecule has 3 nitrogen and oxygen atoms in total. The maximum atomic E-state index is 11.9. The molecule has 1 unspecified atom stereocenters. The van der Waals surface area contributed by atoms with Crippen molar-refractivity contribution in [2.45, 2.75) is 58.9 Å². The highest BCUT2D eigenvalue weighted by molar-refractivity contribution is 5.76. The molecule has 0 radical (unpaired) electrons. The first-order valence-corrected chi connectivity index (χ1v) is 7.61. The summed E-state index contributed by atoms with van der Waals surface area (Å²) in [5, 5.41) is 3.08. The number of benzene rings is 1. The van der Waals surface area contributed by atoms with Crippen molar-refractivity contribution in [1.82, 2.24) is 5.32 Å². The zero-order chi connectivity index (χ0) is 15.0. The molecule has 0 aliphatic heterocycles. The van der Waals surface area contributed by atoms with E-state index >= 15 is 0 Å². The van der Waals surface area contributed by atoms with Crippen molar-refractivity contribution in [2.24, 2.45) is 5.73 Å². The van der Waals surface area contributed by atoms with Gasteiger partial charge in [0.2, 0.25) is 5.91 Å². The van der Waals surface area contributed by atoms with Gasteiger partial charge in [0.25, 0.3) is 0 Å². The van der Waals surface area contributed by atoms with Crippen molar-refractivity contribution in [3.05, 3.63) is 34.9 Å². The van der Waals surface area contributed by atoms with E-state index in [1.165, 1.54) is 16.7 Å². The van der Waals surface area contributed by atoms with Gasteiger partial charge in [-0.15, -0.1) is 0 Å². The Bertz CT molecular complexity index is 429. The van der Waals surface area contributed by atoms with Gasteiger partial charge in [0.15, 0.2) is 0 Å². The van der Waals surface area contributed by atoms with Crippen LogP contribution in [0.15, 0.2) is 18.2 Å². The van der Waals surface area contributed by atoms with Crippen molar-refractivity contribution in [3.8, 4) is 0 Å². The normalized spacial score (nSPS) is 12.2. The average molecular weight is 276 g/mol. The van der Waals surface area contributed by atoms with Crippen LogP contribution in [0.4, 0.5) is 0 Å². The molecular weight excluding hydrogens is 248 g/mol. The molecule has 1 aromatic carbocycles. The highest BCUT2D eigenvalue weighted by Gasteiger charge is 2.11. The third kappa shape index (κ3) is 5.74. The van der Waals surface area contributed by atoms with Crippen molar-refractivity contribution in [3.63, 3.8) is 0 Å². The van der Waals surface area contributed by atoms with Gasteiger partial charge in [-0.2, -0.15) is 0 Å². The van der Waals surface area contributed by atoms with Gasteiger partial charge in [0, 0.05) is 6.42 Å². The summed E-state index contributed by atoms with van der Waals surface area (Å²) in [4.78, 5) is 11.9. The lowest BCUT2D eigenvalue weighted by atomic mass is 10.00. The number of aryl methyl sites for hydroxylation is 2. The number of unbranched alkanes of at least 4 members (excludes halogenated alkanes) is 3. The summed E-state index contributed by atoms with van der Waals surface area (Å²) in [7, 11) is 0. The van der Waals surface area contributed by atoms with E-state index < -0.39 is 0 Å². The minimum absolute atomic E-state index is 0.0761. The number of rotatable bonds is 8. The molecule has 0 saturated heterocycles. The molecular formula is C17H28N2O. The summed E-state index contributed by atoms with van der Waals surface area (Å²) in [6, 6.07) is 6.44. The third-order valence-electron chi connectivity index (χ3n) is 3.63. The molecule has 112 valence electrons. The molecule has 1 amide bonds. The predicted octanol–water partition coefficient (Wildman–Crippen LogP) is 3.39. The van der Waals surface area contributed by atoms with Gasteiger partial charge in [-0.1, -0.05) is 36.6 Å². The Balaban J connectivity index is 2.37. The van der Waals surface area contributed by atoms with E-state index in [2.05, 4.69) is 37.4 Å². The lowest BCUT2D eigenvalue weighted by molar-refractivity contribution is -0.121. The summed E-state index contributed by atoms with van der Waals surface area (Å²) in [6.45, 7) is 6.97. The Morgan fingerprint density at radius 1 is 1.20 bits per heavy atom. The van der Waals surface area contributed by atoms with Crippen LogP contribution in [0.5, 0.6) is 0 Å². The van der Waals surface area contributed by atoms with E-state index in [4.69, 9.17) is 5.73 Å². The Labute approximate surface area is 122 Å². The molecule has 20 heavy (non-hydrogen) atoms. The molecule has 3 N–H and O–H groups in total. The van der Waals surface area contributed by atoms with Crippen LogP contribution in [0.2, 0.25) is 0 Å². The summed E-state index contributed by atoms with van der Waals surface area (Å²) >= 11 is 0. The highest BCUT2D eigenvalue weighted by atomic mass is 16.1. The van der Waals surface area contributed by atoms with E-state index in [1.54, 1.807) is 0 Å². The highest BCUT2D eigenvalue weighted by Crippen LogP contribution is 2.18. The second-order valence-corrected chi connectivity index (χ2v) is 5.60. The lowest BCUT2D eigenvalue weighted by Crippen LogP contribution is -2.26. The standard InChI is InChI=1S/C17H28N2O/c1-13-9-10-16(14(2)12-13)15(3)19-17(20)8-6-4-5-7-11-18/h9-10,12,15H,4-8,11,18H2,1-3H3,(H,19,20). The summed E-state index contributed by atoms with van der Waals surface area (Å²) in [5.74, 6) is 0.144. The topological polar surface area (TPSA) is 55.1 Å². The average Bonchev–Trinajstić information content (AvgIpc) is 2.38. The molecule has 0 fully saturated rings. The van der Waals surface area contributed by atoms with Crippen LogP contribution in [-0.4, -0.2) is 12.5 Å². The molecule has 3 heteroatoms. The number of hydrogen-bond donors (Lipinski definition) is 2. The zero-order valence-corrected chi connectivity index (χ0v) is 13.0. The Hall–Kier alpha value is -1.35. The Kier molecular flexibility index (Phi) is 7.31. The number of hydrogen-bond acceptors (Lipinski definition) is 2. The molecule has 0 heterocycles. The first-order chi connectivity index (χ1) is 9.54. The van der Waals surface area contributed by atoms with Crippen LogP contribution < -0.4 is 11.1 Å². The van der Waals surface area contributed by atoms with Crippen LogP contribution in [-0.2, 0) is 4.79 Å². The van der Waals surface area contributed by atoms with E-state index in [0.29, 0.717) is 6.42 Å². The first-order valence-electron chi connectivity index (χ1n) is 7.61. The summed E-state index contributed by atoms with van der Waals surface area (Å²) in [6.07, 6.45) is 4.82. The van der Waals surface area contributed by atoms with Gasteiger partial charge < -0.3 is 11.1 Å². The van der Waals surface area contributed by atoms with Crippen LogP contribution in [0.25, 0.3) is 0 Å². The monoisotopic (exact) mass is 276 g/mol. The fraction of sp³-hybridized carbons (Fsp3) is 0.588. The first kappa shape index (κ1) is 16.7. The maximum Gasteiger partial charge on any atom is 0.220 e. The summed E-state index contributed by atoms with van der Waals surface area (Å²) < 4.78 is 0. The molecule has 0 bridgehead atoms. The van der Waals surface area contributed by atoms with Gasteiger partial charge >= 0.3 is 0 Å². The van der Waals surface area contributed by atoms with Gasteiger partial charge in [-0.05, 0) is 51.3 Å². The molecule has 0 saturated carbocycles. The molecule has 1 aromatic rings. The second kappa shape index (κ2) is 8.75. The van der Waals surface area contributed by atoms with Crippen LogP contribution in [0, 0.1) is 13.8 Å². The number of nitrogens with two attached hydrogens (primary N) is 1. The van der Waals surface area contributed by atoms with Gasteiger partial charge in [-0.25, -0.2) is 0 Å². The lowest BCUT2D eigenvalue weighted by Gasteiger charge is -2.17. The molecule has 0 aromatic heterocycles. The minimum atomic E-state index is 0.0761. The third-order valence-corrected chi connectivity index (χ3v) is 3.63. The van der Waals surface area contributed by atoms with E-state index in [-0.39, 0.29) is 11.9 Å². The van der Waals surface area contributed by atoms with Crippen LogP contribution in [0.1, 0.15) is 61.8 Å². The van der Waals surface area contributed by atoms with Crippen LogP contribution in [0.3, 0.4) is 0 Å². The summed E-state index contributed by atoms with van der Waals surface area (Å²) in [5.41, 5.74) is 9.14. The Morgan fingerprint density at radius 2 is 1.90 bits per heavy atom. The predicted molar refractivity (Wildman–Crippen MR) is 84.6 cm³/mol. The van der Waals surface area contributed by atoms with Crippen molar-refractivity contribution >= 4 is 5.91 Å².